The molecule has 0 saturated carbocycles. The third kappa shape index (κ3) is 3.81. The summed E-state index contributed by atoms with van der Waals surface area (Å²) < 4.78 is 5.66. The fourth-order valence-electron chi connectivity index (χ4n) is 4.00. The maximum Gasteiger partial charge on any atom is 0.251 e. The zero-order valence-electron chi connectivity index (χ0n) is 15.8. The van der Waals surface area contributed by atoms with Crippen LogP contribution in [0, 0.1) is 5.92 Å². The van der Waals surface area contributed by atoms with E-state index in [1.165, 1.54) is 0 Å². The molecule has 146 valence electrons. The van der Waals surface area contributed by atoms with Crippen LogP contribution in [0.2, 0.25) is 0 Å². The average Bonchev–Trinajstić information content (AvgIpc) is 2.74. The fourth-order valence-corrected chi connectivity index (χ4v) is 4.00. The number of anilines is 1. The Bertz CT molecular complexity index is 866. The molecular weight excluding hydrogens is 354 g/mol. The lowest BCUT2D eigenvalue weighted by Gasteiger charge is -2.33. The summed E-state index contributed by atoms with van der Waals surface area (Å²) >= 11 is 0. The van der Waals surface area contributed by atoms with E-state index in [9.17, 15) is 9.59 Å². The van der Waals surface area contributed by atoms with Crippen LogP contribution in [0.4, 0.5) is 5.69 Å². The van der Waals surface area contributed by atoms with Gasteiger partial charge >= 0.3 is 0 Å². The SMILES string of the molecule is NC(=O)[C@H]1CCCN(c2ccc(C(=O)N[C@H]3CCOc4ccccc43)cc2)C1. The van der Waals surface area contributed by atoms with Gasteiger partial charge in [-0.05, 0) is 43.2 Å². The maximum atomic E-state index is 12.7. The van der Waals surface area contributed by atoms with Crippen LogP contribution in [0.3, 0.4) is 0 Å². The number of nitrogens with two attached hydrogens (primary N) is 1. The summed E-state index contributed by atoms with van der Waals surface area (Å²) in [5.74, 6) is 0.396. The van der Waals surface area contributed by atoms with Crippen LogP contribution >= 0.6 is 0 Å². The summed E-state index contributed by atoms with van der Waals surface area (Å²) in [7, 11) is 0. The van der Waals surface area contributed by atoms with Crippen LogP contribution in [0.25, 0.3) is 0 Å². The van der Waals surface area contributed by atoms with E-state index in [0.29, 0.717) is 18.7 Å². The Labute approximate surface area is 164 Å². The Morgan fingerprint density at radius 2 is 1.86 bits per heavy atom. The molecular formula is C22H25N3O3. The van der Waals surface area contributed by atoms with Crippen molar-refractivity contribution in [1.29, 1.82) is 0 Å². The van der Waals surface area contributed by atoms with Crippen LogP contribution in [-0.2, 0) is 4.79 Å². The number of primary amides is 1. The molecule has 0 spiro atoms. The van der Waals surface area contributed by atoms with E-state index < -0.39 is 0 Å². The summed E-state index contributed by atoms with van der Waals surface area (Å²) in [6.07, 6.45) is 2.54. The average molecular weight is 379 g/mol. The van der Waals surface area contributed by atoms with E-state index in [0.717, 1.165) is 42.8 Å². The summed E-state index contributed by atoms with van der Waals surface area (Å²) in [6.45, 7) is 2.13. The van der Waals surface area contributed by atoms with Gasteiger partial charge in [0.15, 0.2) is 0 Å². The molecule has 6 nitrogen and oxygen atoms in total. The quantitative estimate of drug-likeness (QED) is 0.855. The van der Waals surface area contributed by atoms with Gasteiger partial charge in [-0.3, -0.25) is 9.59 Å². The molecule has 2 atom stereocenters. The molecule has 0 aliphatic carbocycles. The number of carbonyl (C=O) groups excluding carboxylic acids is 2. The summed E-state index contributed by atoms with van der Waals surface area (Å²) in [5, 5.41) is 3.12. The highest BCUT2D eigenvalue weighted by Gasteiger charge is 2.25. The van der Waals surface area contributed by atoms with E-state index >= 15 is 0 Å². The number of rotatable bonds is 4. The number of nitrogens with one attached hydrogen (secondary N) is 1. The minimum Gasteiger partial charge on any atom is -0.493 e. The molecule has 2 amide bonds. The van der Waals surface area contributed by atoms with Crippen LogP contribution < -0.4 is 20.7 Å². The van der Waals surface area contributed by atoms with E-state index in [-0.39, 0.29) is 23.8 Å². The van der Waals surface area contributed by atoms with Crippen molar-refractivity contribution < 1.29 is 14.3 Å². The van der Waals surface area contributed by atoms with E-state index in [1.54, 1.807) is 0 Å². The number of para-hydroxylation sites is 1. The molecule has 0 radical (unpaired) electrons. The number of fused-ring (bicyclic) bond motifs is 1. The number of carbonyl (C=O) groups is 2. The van der Waals surface area contributed by atoms with Crippen molar-refractivity contribution in [2.24, 2.45) is 11.7 Å². The first kappa shape index (κ1) is 18.3. The number of benzene rings is 2. The van der Waals surface area contributed by atoms with Gasteiger partial charge in [0.25, 0.3) is 5.91 Å². The predicted molar refractivity (Wildman–Crippen MR) is 107 cm³/mol. The Morgan fingerprint density at radius 1 is 1.07 bits per heavy atom. The van der Waals surface area contributed by atoms with Crippen LogP contribution in [0.5, 0.6) is 5.75 Å². The number of hydrogen-bond donors (Lipinski definition) is 2. The lowest BCUT2D eigenvalue weighted by molar-refractivity contribution is -0.122. The van der Waals surface area contributed by atoms with Gasteiger partial charge in [0.1, 0.15) is 5.75 Å². The fraction of sp³-hybridized carbons (Fsp3) is 0.364. The van der Waals surface area contributed by atoms with Crippen LogP contribution in [0.1, 0.15) is 41.2 Å². The Hall–Kier alpha value is -3.02. The molecule has 4 rings (SSSR count). The second-order valence-corrected chi connectivity index (χ2v) is 7.44. The molecule has 28 heavy (non-hydrogen) atoms. The van der Waals surface area contributed by atoms with Crippen molar-refractivity contribution >= 4 is 17.5 Å². The first-order valence-corrected chi connectivity index (χ1v) is 9.79. The zero-order valence-corrected chi connectivity index (χ0v) is 15.8. The van der Waals surface area contributed by atoms with Crippen molar-refractivity contribution in [3.05, 3.63) is 59.7 Å². The Morgan fingerprint density at radius 3 is 2.64 bits per heavy atom. The molecule has 0 unspecified atom stereocenters. The number of hydrogen-bond acceptors (Lipinski definition) is 4. The molecule has 1 fully saturated rings. The van der Waals surface area contributed by atoms with Crippen molar-refractivity contribution in [2.45, 2.75) is 25.3 Å². The molecule has 0 bridgehead atoms. The minimum atomic E-state index is -0.238. The van der Waals surface area contributed by atoms with Gasteiger partial charge in [-0.1, -0.05) is 18.2 Å². The van der Waals surface area contributed by atoms with Crippen molar-refractivity contribution in [1.82, 2.24) is 5.32 Å². The topological polar surface area (TPSA) is 84.7 Å². The standard InChI is InChI=1S/C22H25N3O3/c23-21(26)16-4-3-12-25(14-16)17-9-7-15(8-10-17)22(27)24-19-11-13-28-20-6-2-1-5-18(19)20/h1-2,5-10,16,19H,3-4,11-14H2,(H2,23,26)(H,24,27)/t16-,19-/m0/s1. The number of ether oxygens (including phenoxy) is 1. The van der Waals surface area contributed by atoms with Crippen molar-refractivity contribution in [3.8, 4) is 5.75 Å². The summed E-state index contributed by atoms with van der Waals surface area (Å²) in [4.78, 5) is 26.4. The monoisotopic (exact) mass is 379 g/mol. The van der Waals surface area contributed by atoms with Gasteiger partial charge in [0, 0.05) is 36.3 Å². The smallest absolute Gasteiger partial charge is 0.251 e. The largest absolute Gasteiger partial charge is 0.493 e. The predicted octanol–water partition coefficient (Wildman–Crippen LogP) is 2.64. The van der Waals surface area contributed by atoms with E-state index in [1.807, 2.05) is 48.5 Å². The molecule has 6 heteroatoms. The van der Waals surface area contributed by atoms with Gasteiger partial charge in [0.05, 0.1) is 18.6 Å². The molecule has 2 aromatic rings. The zero-order chi connectivity index (χ0) is 19.5. The number of piperidine rings is 1. The Balaban J connectivity index is 1.43. The van der Waals surface area contributed by atoms with Gasteiger partial charge < -0.3 is 20.7 Å². The van der Waals surface area contributed by atoms with Gasteiger partial charge in [0.2, 0.25) is 5.91 Å². The summed E-state index contributed by atoms with van der Waals surface area (Å²) in [6, 6.07) is 15.3. The van der Waals surface area contributed by atoms with E-state index in [2.05, 4.69) is 10.2 Å². The third-order valence-electron chi connectivity index (χ3n) is 5.58. The first-order chi connectivity index (χ1) is 13.6. The molecule has 2 heterocycles. The molecule has 1 saturated heterocycles. The minimum absolute atomic E-state index is 0.0458. The lowest BCUT2D eigenvalue weighted by Crippen LogP contribution is -2.41. The summed E-state index contributed by atoms with van der Waals surface area (Å²) in [5.41, 5.74) is 8.12. The van der Waals surface area contributed by atoms with Crippen molar-refractivity contribution in [2.75, 3.05) is 24.6 Å². The molecule has 3 N–H and O–H groups in total. The van der Waals surface area contributed by atoms with Gasteiger partial charge in [-0.2, -0.15) is 0 Å². The lowest BCUT2D eigenvalue weighted by atomic mass is 9.97. The highest BCUT2D eigenvalue weighted by Crippen LogP contribution is 2.32. The molecule has 2 aliphatic rings. The molecule has 2 aromatic carbocycles. The molecule has 2 aliphatic heterocycles. The number of amides is 2. The normalized spacial score (nSPS) is 21.4. The second kappa shape index (κ2) is 7.92. The Kier molecular flexibility index (Phi) is 5.19. The van der Waals surface area contributed by atoms with Gasteiger partial charge in [-0.25, -0.2) is 0 Å². The highest BCUT2D eigenvalue weighted by molar-refractivity contribution is 5.94. The first-order valence-electron chi connectivity index (χ1n) is 9.79. The van der Waals surface area contributed by atoms with Gasteiger partial charge in [-0.15, -0.1) is 0 Å². The highest BCUT2D eigenvalue weighted by atomic mass is 16.5. The van der Waals surface area contributed by atoms with Crippen LogP contribution in [-0.4, -0.2) is 31.5 Å². The molecule has 0 aromatic heterocycles. The number of nitrogens with zero attached hydrogens (tertiary/aromatic N) is 1. The van der Waals surface area contributed by atoms with Crippen LogP contribution in [0.15, 0.2) is 48.5 Å². The maximum absolute atomic E-state index is 12.7. The van der Waals surface area contributed by atoms with E-state index in [4.69, 9.17) is 10.5 Å². The second-order valence-electron chi connectivity index (χ2n) is 7.44. The van der Waals surface area contributed by atoms with Crippen molar-refractivity contribution in [3.63, 3.8) is 0 Å². The third-order valence-corrected chi connectivity index (χ3v) is 5.58.